The SMILES string of the molecule is Cc1ncc(C(=O)NNC(=O)O)s1. The Bertz CT molecular complexity index is 336. The summed E-state index contributed by atoms with van der Waals surface area (Å²) in [5, 5.41) is 8.93. The zero-order valence-corrected chi connectivity index (χ0v) is 7.51. The van der Waals surface area contributed by atoms with E-state index in [9.17, 15) is 9.59 Å². The zero-order valence-electron chi connectivity index (χ0n) is 6.70. The second-order valence-electron chi connectivity index (χ2n) is 2.13. The van der Waals surface area contributed by atoms with Crippen LogP contribution >= 0.6 is 11.3 Å². The first kappa shape index (κ1) is 9.46. The molecule has 0 aromatic carbocycles. The molecule has 0 saturated carbocycles. The van der Waals surface area contributed by atoms with Gasteiger partial charge in [-0.3, -0.25) is 10.2 Å². The first-order chi connectivity index (χ1) is 6.09. The molecule has 1 aromatic rings. The third-order valence-corrected chi connectivity index (χ3v) is 2.04. The highest BCUT2D eigenvalue weighted by Gasteiger charge is 2.08. The molecule has 6 nitrogen and oxygen atoms in total. The molecule has 0 radical (unpaired) electrons. The first-order valence-corrected chi connectivity index (χ1v) is 4.13. The van der Waals surface area contributed by atoms with E-state index in [-0.39, 0.29) is 0 Å². The van der Waals surface area contributed by atoms with Crippen LogP contribution in [0, 0.1) is 6.92 Å². The highest BCUT2D eigenvalue weighted by Crippen LogP contribution is 2.10. The molecule has 2 amide bonds. The third-order valence-electron chi connectivity index (χ3n) is 1.13. The number of nitrogens with zero attached hydrogens (tertiary/aromatic N) is 1. The lowest BCUT2D eigenvalue weighted by atomic mass is 10.5. The molecule has 7 heteroatoms. The summed E-state index contributed by atoms with van der Waals surface area (Å²) in [5.41, 5.74) is 3.74. The number of aryl methyl sites for hydroxylation is 1. The number of carbonyl (C=O) groups excluding carboxylic acids is 1. The number of hydrogen-bond donors (Lipinski definition) is 3. The molecule has 0 unspecified atom stereocenters. The summed E-state index contributed by atoms with van der Waals surface area (Å²) in [7, 11) is 0. The topological polar surface area (TPSA) is 91.3 Å². The predicted molar refractivity (Wildman–Crippen MR) is 45.5 cm³/mol. The fourth-order valence-electron chi connectivity index (χ4n) is 0.638. The van der Waals surface area contributed by atoms with Gasteiger partial charge in [0.05, 0.1) is 11.2 Å². The van der Waals surface area contributed by atoms with Gasteiger partial charge in [0.25, 0.3) is 5.91 Å². The smallest absolute Gasteiger partial charge is 0.423 e. The lowest BCUT2D eigenvalue weighted by Gasteiger charge is -1.99. The van der Waals surface area contributed by atoms with Gasteiger partial charge in [0.15, 0.2) is 0 Å². The minimum atomic E-state index is -1.31. The molecular formula is C6H7N3O3S. The summed E-state index contributed by atoms with van der Waals surface area (Å²) < 4.78 is 0. The number of thiazole rings is 1. The van der Waals surface area contributed by atoms with Crippen LogP contribution in [0.25, 0.3) is 0 Å². The number of amides is 2. The van der Waals surface area contributed by atoms with E-state index in [1.54, 1.807) is 12.3 Å². The Morgan fingerprint density at radius 3 is 2.69 bits per heavy atom. The maximum Gasteiger partial charge on any atom is 0.423 e. The van der Waals surface area contributed by atoms with Crippen molar-refractivity contribution >= 4 is 23.3 Å². The number of hydrogen-bond acceptors (Lipinski definition) is 4. The standard InChI is InChI=1S/C6H7N3O3S/c1-3-7-2-4(13-3)5(10)8-9-6(11)12/h2,9H,1H3,(H,8,10)(H,11,12). The van der Waals surface area contributed by atoms with Crippen LogP contribution in [0.1, 0.15) is 14.7 Å². The number of rotatable bonds is 1. The van der Waals surface area contributed by atoms with Gasteiger partial charge in [-0.15, -0.1) is 11.3 Å². The molecule has 1 heterocycles. The summed E-state index contributed by atoms with van der Waals surface area (Å²) in [6, 6.07) is 0. The summed E-state index contributed by atoms with van der Waals surface area (Å²) in [4.78, 5) is 25.3. The van der Waals surface area contributed by atoms with E-state index in [1.807, 2.05) is 5.43 Å². The van der Waals surface area contributed by atoms with Crippen molar-refractivity contribution in [1.29, 1.82) is 0 Å². The lowest BCUT2D eigenvalue weighted by molar-refractivity contribution is 0.0930. The fraction of sp³-hybridized carbons (Fsp3) is 0.167. The van der Waals surface area contributed by atoms with E-state index in [1.165, 1.54) is 17.5 Å². The average molecular weight is 201 g/mol. The van der Waals surface area contributed by atoms with Gasteiger partial charge >= 0.3 is 6.09 Å². The van der Waals surface area contributed by atoms with Gasteiger partial charge in [-0.05, 0) is 6.92 Å². The van der Waals surface area contributed by atoms with Gasteiger partial charge in [-0.1, -0.05) is 0 Å². The van der Waals surface area contributed by atoms with Crippen LogP contribution in [0.4, 0.5) is 4.79 Å². The molecular weight excluding hydrogens is 194 g/mol. The quantitative estimate of drug-likeness (QED) is 0.572. The summed E-state index contributed by atoms with van der Waals surface area (Å²) >= 11 is 1.19. The Morgan fingerprint density at radius 2 is 2.23 bits per heavy atom. The van der Waals surface area contributed by atoms with Gasteiger partial charge < -0.3 is 5.11 Å². The van der Waals surface area contributed by atoms with E-state index >= 15 is 0 Å². The molecule has 13 heavy (non-hydrogen) atoms. The van der Waals surface area contributed by atoms with Crippen molar-refractivity contribution in [3.63, 3.8) is 0 Å². The number of nitrogens with one attached hydrogen (secondary N) is 2. The van der Waals surface area contributed by atoms with Crippen molar-refractivity contribution < 1.29 is 14.7 Å². The van der Waals surface area contributed by atoms with Crippen LogP contribution in [0.15, 0.2) is 6.20 Å². The average Bonchev–Trinajstić information content (AvgIpc) is 2.47. The maximum atomic E-state index is 11.1. The van der Waals surface area contributed by atoms with Gasteiger partial charge in [0.2, 0.25) is 0 Å². The van der Waals surface area contributed by atoms with Crippen LogP contribution in [-0.4, -0.2) is 22.1 Å². The van der Waals surface area contributed by atoms with Crippen molar-refractivity contribution in [2.24, 2.45) is 0 Å². The predicted octanol–water partition coefficient (Wildman–Crippen LogP) is 0.364. The van der Waals surface area contributed by atoms with E-state index in [2.05, 4.69) is 4.98 Å². The molecule has 0 saturated heterocycles. The van der Waals surface area contributed by atoms with Crippen molar-refractivity contribution in [2.75, 3.05) is 0 Å². The number of hydrazine groups is 1. The normalized spacial score (nSPS) is 9.31. The van der Waals surface area contributed by atoms with Crippen LogP contribution in [-0.2, 0) is 0 Å². The van der Waals surface area contributed by atoms with Crippen molar-refractivity contribution in [3.8, 4) is 0 Å². The van der Waals surface area contributed by atoms with Crippen molar-refractivity contribution in [1.82, 2.24) is 15.8 Å². The van der Waals surface area contributed by atoms with Gasteiger partial charge in [-0.25, -0.2) is 15.2 Å². The Kier molecular flexibility index (Phi) is 2.80. The van der Waals surface area contributed by atoms with Gasteiger partial charge in [0.1, 0.15) is 4.88 Å². The Balaban J connectivity index is 2.54. The summed E-state index contributed by atoms with van der Waals surface area (Å²) in [6.07, 6.45) is 0.0772. The van der Waals surface area contributed by atoms with Crippen LogP contribution < -0.4 is 10.9 Å². The Morgan fingerprint density at radius 1 is 1.54 bits per heavy atom. The van der Waals surface area contributed by atoms with E-state index in [0.29, 0.717) is 4.88 Å². The fourth-order valence-corrected chi connectivity index (χ4v) is 1.31. The molecule has 3 N–H and O–H groups in total. The van der Waals surface area contributed by atoms with Crippen molar-refractivity contribution in [3.05, 3.63) is 16.1 Å². The molecule has 0 atom stereocenters. The minimum Gasteiger partial charge on any atom is -0.464 e. The molecule has 0 bridgehead atoms. The van der Waals surface area contributed by atoms with E-state index in [0.717, 1.165) is 5.01 Å². The monoisotopic (exact) mass is 201 g/mol. The maximum absolute atomic E-state index is 11.1. The van der Waals surface area contributed by atoms with Crippen LogP contribution in [0.2, 0.25) is 0 Å². The Hall–Kier alpha value is -1.63. The highest BCUT2D eigenvalue weighted by atomic mass is 32.1. The van der Waals surface area contributed by atoms with Gasteiger partial charge in [-0.2, -0.15) is 0 Å². The summed E-state index contributed by atoms with van der Waals surface area (Å²) in [6.45, 7) is 1.76. The summed E-state index contributed by atoms with van der Waals surface area (Å²) in [5.74, 6) is -0.506. The van der Waals surface area contributed by atoms with Crippen molar-refractivity contribution in [2.45, 2.75) is 6.92 Å². The van der Waals surface area contributed by atoms with Crippen LogP contribution in [0.5, 0.6) is 0 Å². The largest absolute Gasteiger partial charge is 0.464 e. The molecule has 0 aliphatic carbocycles. The molecule has 70 valence electrons. The molecule has 1 rings (SSSR count). The Labute approximate surface area is 77.6 Å². The second-order valence-corrected chi connectivity index (χ2v) is 3.36. The van der Waals surface area contributed by atoms with E-state index in [4.69, 9.17) is 5.11 Å². The molecule has 0 fully saturated rings. The third kappa shape index (κ3) is 2.71. The minimum absolute atomic E-state index is 0.367. The number of carbonyl (C=O) groups is 2. The highest BCUT2D eigenvalue weighted by molar-refractivity contribution is 7.13. The van der Waals surface area contributed by atoms with E-state index < -0.39 is 12.0 Å². The van der Waals surface area contributed by atoms with Crippen LogP contribution in [0.3, 0.4) is 0 Å². The molecule has 0 aliphatic heterocycles. The second kappa shape index (κ2) is 3.85. The molecule has 0 spiro atoms. The van der Waals surface area contributed by atoms with Gasteiger partial charge in [0, 0.05) is 0 Å². The molecule has 1 aromatic heterocycles. The number of aromatic nitrogens is 1. The zero-order chi connectivity index (χ0) is 9.84. The molecule has 0 aliphatic rings. The lowest BCUT2D eigenvalue weighted by Crippen LogP contribution is -2.40. The first-order valence-electron chi connectivity index (χ1n) is 3.31. The number of carboxylic acid groups (broad SMARTS) is 1.